The topological polar surface area (TPSA) is 83.6 Å². The van der Waals surface area contributed by atoms with Crippen LogP contribution in [0.2, 0.25) is 0 Å². The molecule has 1 aliphatic rings. The summed E-state index contributed by atoms with van der Waals surface area (Å²) < 4.78 is 30.4. The first-order chi connectivity index (χ1) is 8.03. The van der Waals surface area contributed by atoms with E-state index in [-0.39, 0.29) is 24.9 Å². The van der Waals surface area contributed by atoms with Gasteiger partial charge in [0.05, 0.1) is 6.61 Å². The van der Waals surface area contributed by atoms with E-state index in [1.165, 1.54) is 4.31 Å². The highest BCUT2D eigenvalue weighted by atomic mass is 32.2. The zero-order valence-corrected chi connectivity index (χ0v) is 10.5. The number of aliphatic hydroxyl groups excluding tert-OH is 1. The zero-order valence-electron chi connectivity index (χ0n) is 9.66. The Balaban J connectivity index is 2.11. The Morgan fingerprint density at radius 2 is 2.29 bits per heavy atom. The molecule has 96 valence electrons. The van der Waals surface area contributed by atoms with E-state index in [1.54, 1.807) is 13.0 Å². The van der Waals surface area contributed by atoms with Crippen LogP contribution in [-0.2, 0) is 15.8 Å². The Labute approximate surface area is 100 Å². The van der Waals surface area contributed by atoms with Gasteiger partial charge in [-0.2, -0.15) is 4.31 Å². The van der Waals surface area contributed by atoms with E-state index < -0.39 is 10.0 Å². The number of sulfonamides is 1. The van der Waals surface area contributed by atoms with Gasteiger partial charge in [-0.15, -0.1) is 0 Å². The molecule has 1 aliphatic carbocycles. The lowest BCUT2D eigenvalue weighted by Gasteiger charge is -2.19. The summed E-state index contributed by atoms with van der Waals surface area (Å²) in [4.78, 5) is 0. The second-order valence-electron chi connectivity index (χ2n) is 4.25. The first-order valence-corrected chi connectivity index (χ1v) is 7.16. The van der Waals surface area contributed by atoms with Gasteiger partial charge in [0.1, 0.15) is 17.2 Å². The van der Waals surface area contributed by atoms with Gasteiger partial charge in [-0.3, -0.25) is 0 Å². The SMILES string of the molecule is Cc1cc(CS(=O)(=O)N(CCO)C2CC2)no1. The highest BCUT2D eigenvalue weighted by molar-refractivity contribution is 7.88. The van der Waals surface area contributed by atoms with Crippen LogP contribution >= 0.6 is 0 Å². The third-order valence-corrected chi connectivity index (χ3v) is 4.49. The number of aliphatic hydroxyl groups is 1. The molecule has 0 saturated heterocycles. The summed E-state index contributed by atoms with van der Waals surface area (Å²) in [6.45, 7) is 1.72. The molecule has 1 aromatic rings. The van der Waals surface area contributed by atoms with E-state index in [9.17, 15) is 8.42 Å². The third-order valence-electron chi connectivity index (χ3n) is 2.64. The molecule has 1 aromatic heterocycles. The molecule has 0 amide bonds. The first-order valence-electron chi connectivity index (χ1n) is 5.55. The molecule has 1 saturated carbocycles. The van der Waals surface area contributed by atoms with Gasteiger partial charge >= 0.3 is 0 Å². The molecule has 0 aliphatic heterocycles. The number of aromatic nitrogens is 1. The Kier molecular flexibility index (Phi) is 3.50. The maximum atomic E-state index is 12.1. The normalized spacial score (nSPS) is 16.6. The average molecular weight is 260 g/mol. The minimum absolute atomic E-state index is 0.0557. The minimum Gasteiger partial charge on any atom is -0.395 e. The van der Waals surface area contributed by atoms with Crippen LogP contribution in [0.5, 0.6) is 0 Å². The average Bonchev–Trinajstić information content (AvgIpc) is 2.99. The molecule has 17 heavy (non-hydrogen) atoms. The first kappa shape index (κ1) is 12.5. The van der Waals surface area contributed by atoms with Crippen LogP contribution in [0.3, 0.4) is 0 Å². The lowest BCUT2D eigenvalue weighted by atomic mass is 10.4. The fraction of sp³-hybridized carbons (Fsp3) is 0.700. The van der Waals surface area contributed by atoms with Gasteiger partial charge in [-0.1, -0.05) is 5.16 Å². The number of nitrogens with zero attached hydrogens (tertiary/aromatic N) is 2. The van der Waals surface area contributed by atoms with Crippen LogP contribution in [-0.4, -0.2) is 42.2 Å². The molecule has 6 nitrogen and oxygen atoms in total. The van der Waals surface area contributed by atoms with Gasteiger partial charge in [0.25, 0.3) is 0 Å². The van der Waals surface area contributed by atoms with Crippen molar-refractivity contribution >= 4 is 10.0 Å². The summed E-state index contributed by atoms with van der Waals surface area (Å²) in [6.07, 6.45) is 1.74. The molecule has 0 aromatic carbocycles. The summed E-state index contributed by atoms with van der Waals surface area (Å²) in [7, 11) is -3.41. The largest absolute Gasteiger partial charge is 0.395 e. The summed E-state index contributed by atoms with van der Waals surface area (Å²) in [5, 5.41) is 12.6. The van der Waals surface area contributed by atoms with E-state index in [4.69, 9.17) is 9.63 Å². The van der Waals surface area contributed by atoms with Crippen LogP contribution < -0.4 is 0 Å². The molecule has 0 spiro atoms. The lowest BCUT2D eigenvalue weighted by molar-refractivity contribution is 0.250. The van der Waals surface area contributed by atoms with E-state index in [1.807, 2.05) is 0 Å². The maximum absolute atomic E-state index is 12.1. The number of aryl methyl sites for hydroxylation is 1. The van der Waals surface area contributed by atoms with Crippen LogP contribution in [0.25, 0.3) is 0 Å². The second kappa shape index (κ2) is 4.75. The van der Waals surface area contributed by atoms with Crippen LogP contribution in [0.15, 0.2) is 10.6 Å². The van der Waals surface area contributed by atoms with E-state index >= 15 is 0 Å². The molecule has 0 bridgehead atoms. The molecular weight excluding hydrogens is 244 g/mol. The summed E-state index contributed by atoms with van der Waals surface area (Å²) >= 11 is 0. The van der Waals surface area contributed by atoms with E-state index in [0.717, 1.165) is 12.8 Å². The predicted octanol–water partition coefficient (Wildman–Crippen LogP) is 0.270. The molecule has 0 atom stereocenters. The van der Waals surface area contributed by atoms with Crippen molar-refractivity contribution in [3.05, 3.63) is 17.5 Å². The summed E-state index contributed by atoms with van der Waals surface area (Å²) in [5.74, 6) is 0.427. The third kappa shape index (κ3) is 3.05. The van der Waals surface area contributed by atoms with Crippen molar-refractivity contribution in [2.75, 3.05) is 13.2 Å². The number of rotatable bonds is 6. The van der Waals surface area contributed by atoms with Crippen molar-refractivity contribution in [1.29, 1.82) is 0 Å². The molecule has 1 fully saturated rings. The molecule has 1 N–H and O–H groups in total. The Morgan fingerprint density at radius 1 is 1.59 bits per heavy atom. The van der Waals surface area contributed by atoms with Gasteiger partial charge < -0.3 is 9.63 Å². The van der Waals surface area contributed by atoms with Crippen molar-refractivity contribution in [2.24, 2.45) is 0 Å². The molecule has 0 radical (unpaired) electrons. The zero-order chi connectivity index (χ0) is 12.5. The van der Waals surface area contributed by atoms with Gasteiger partial charge in [0, 0.05) is 18.7 Å². The number of hydrogen-bond acceptors (Lipinski definition) is 5. The Morgan fingerprint density at radius 3 is 2.76 bits per heavy atom. The fourth-order valence-corrected chi connectivity index (χ4v) is 3.47. The molecular formula is C10H16N2O4S. The van der Waals surface area contributed by atoms with Crippen molar-refractivity contribution in [3.8, 4) is 0 Å². The minimum atomic E-state index is -3.41. The van der Waals surface area contributed by atoms with E-state index in [2.05, 4.69) is 5.16 Å². The molecule has 1 heterocycles. The monoisotopic (exact) mass is 260 g/mol. The predicted molar refractivity (Wildman–Crippen MR) is 60.7 cm³/mol. The summed E-state index contributed by atoms with van der Waals surface area (Å²) in [6, 6.07) is 1.67. The van der Waals surface area contributed by atoms with Crippen LogP contribution in [0.1, 0.15) is 24.3 Å². The van der Waals surface area contributed by atoms with Gasteiger partial charge in [0.15, 0.2) is 0 Å². The molecule has 0 unspecified atom stereocenters. The lowest BCUT2D eigenvalue weighted by Crippen LogP contribution is -2.36. The highest BCUT2D eigenvalue weighted by Crippen LogP contribution is 2.30. The molecule has 2 rings (SSSR count). The molecule has 7 heteroatoms. The van der Waals surface area contributed by atoms with Crippen molar-refractivity contribution in [3.63, 3.8) is 0 Å². The van der Waals surface area contributed by atoms with Gasteiger partial charge in [0.2, 0.25) is 10.0 Å². The maximum Gasteiger partial charge on any atom is 0.220 e. The fourth-order valence-electron chi connectivity index (χ4n) is 1.77. The van der Waals surface area contributed by atoms with Crippen molar-refractivity contribution < 1.29 is 18.0 Å². The van der Waals surface area contributed by atoms with Crippen molar-refractivity contribution in [1.82, 2.24) is 9.46 Å². The van der Waals surface area contributed by atoms with E-state index in [0.29, 0.717) is 11.5 Å². The highest BCUT2D eigenvalue weighted by Gasteiger charge is 2.37. The quantitative estimate of drug-likeness (QED) is 0.793. The standard InChI is InChI=1S/C10H16N2O4S/c1-8-6-9(11-16-8)7-17(14,15)12(4-5-13)10-2-3-10/h6,10,13H,2-5,7H2,1H3. The van der Waals surface area contributed by atoms with Gasteiger partial charge in [-0.25, -0.2) is 8.42 Å². The summed E-state index contributed by atoms with van der Waals surface area (Å²) in [5.41, 5.74) is 0.408. The smallest absolute Gasteiger partial charge is 0.220 e. The second-order valence-corrected chi connectivity index (χ2v) is 6.17. The van der Waals surface area contributed by atoms with Crippen molar-refractivity contribution in [2.45, 2.75) is 31.6 Å². The Bertz CT molecular complexity index is 478. The number of hydrogen-bond donors (Lipinski definition) is 1. The van der Waals surface area contributed by atoms with Gasteiger partial charge in [-0.05, 0) is 19.8 Å². The van der Waals surface area contributed by atoms with Crippen LogP contribution in [0, 0.1) is 6.92 Å². The van der Waals surface area contributed by atoms with Crippen LogP contribution in [0.4, 0.5) is 0 Å². The Hall–Kier alpha value is -0.920.